The molecule has 0 radical (unpaired) electrons. The van der Waals surface area contributed by atoms with E-state index in [2.05, 4.69) is 4.90 Å². The minimum atomic E-state index is -4.07. The Labute approximate surface area is 117 Å². The van der Waals surface area contributed by atoms with Crippen LogP contribution in [0.2, 0.25) is 0 Å². The van der Waals surface area contributed by atoms with Crippen molar-refractivity contribution in [3.63, 3.8) is 0 Å². The number of nitrogens with zero attached hydrogens (tertiary/aromatic N) is 2. The average molecular weight is 296 g/mol. The molecule has 1 aliphatic heterocycles. The van der Waals surface area contributed by atoms with Crippen molar-refractivity contribution in [2.24, 2.45) is 0 Å². The van der Waals surface area contributed by atoms with Gasteiger partial charge in [-0.05, 0) is 32.7 Å². The zero-order valence-electron chi connectivity index (χ0n) is 11.8. The molecule has 1 atom stereocenters. The molecule has 7 heteroatoms. The van der Waals surface area contributed by atoms with Gasteiger partial charge in [0.2, 0.25) is 0 Å². The van der Waals surface area contributed by atoms with E-state index in [0.29, 0.717) is 13.0 Å². The summed E-state index contributed by atoms with van der Waals surface area (Å²) in [7, 11) is 0. The molecule has 0 amide bonds. The fraction of sp³-hybridized carbons (Fsp3) is 0.923. The van der Waals surface area contributed by atoms with Gasteiger partial charge in [-0.2, -0.15) is 13.2 Å². The summed E-state index contributed by atoms with van der Waals surface area (Å²) in [5.74, 6) is -0.836. The molecular formula is C13H23F3N2O2. The molecule has 20 heavy (non-hydrogen) atoms. The number of carbonyl (C=O) groups is 1. The van der Waals surface area contributed by atoms with Crippen molar-refractivity contribution in [1.29, 1.82) is 0 Å². The molecule has 1 fully saturated rings. The van der Waals surface area contributed by atoms with Crippen molar-refractivity contribution in [3.05, 3.63) is 0 Å². The molecule has 1 unspecified atom stereocenters. The van der Waals surface area contributed by atoms with Crippen molar-refractivity contribution >= 4 is 5.97 Å². The maximum Gasteiger partial charge on any atom is 0.389 e. The lowest BCUT2D eigenvalue weighted by atomic mass is 10.1. The molecule has 0 aliphatic carbocycles. The molecule has 0 saturated carbocycles. The Hall–Kier alpha value is -0.820. The number of rotatable bonds is 6. The molecule has 1 saturated heterocycles. The molecule has 1 aliphatic rings. The van der Waals surface area contributed by atoms with Crippen LogP contribution in [0.4, 0.5) is 13.2 Å². The third-order valence-electron chi connectivity index (χ3n) is 3.69. The van der Waals surface area contributed by atoms with Crippen LogP contribution < -0.4 is 0 Å². The van der Waals surface area contributed by atoms with Crippen LogP contribution in [0.3, 0.4) is 0 Å². The largest absolute Gasteiger partial charge is 0.480 e. The van der Waals surface area contributed by atoms with Crippen molar-refractivity contribution in [2.75, 3.05) is 32.7 Å². The number of hydrogen-bond acceptors (Lipinski definition) is 3. The van der Waals surface area contributed by atoms with Gasteiger partial charge in [0.25, 0.3) is 0 Å². The predicted molar refractivity (Wildman–Crippen MR) is 69.6 cm³/mol. The normalized spacial score (nSPS) is 20.6. The summed E-state index contributed by atoms with van der Waals surface area (Å²) in [4.78, 5) is 14.7. The predicted octanol–water partition coefficient (Wildman–Crippen LogP) is 2.20. The Morgan fingerprint density at radius 3 is 2.55 bits per heavy atom. The molecular weight excluding hydrogens is 273 g/mol. The first-order chi connectivity index (χ1) is 9.28. The monoisotopic (exact) mass is 296 g/mol. The van der Waals surface area contributed by atoms with Crippen molar-refractivity contribution in [1.82, 2.24) is 9.80 Å². The maximum atomic E-state index is 12.1. The number of carboxylic acids is 1. The molecule has 0 aromatic heterocycles. The van der Waals surface area contributed by atoms with Gasteiger partial charge in [0.1, 0.15) is 0 Å². The third-order valence-corrected chi connectivity index (χ3v) is 3.69. The molecule has 0 bridgehead atoms. The summed E-state index contributed by atoms with van der Waals surface area (Å²) in [6.45, 7) is 4.93. The topological polar surface area (TPSA) is 43.8 Å². The zero-order chi connectivity index (χ0) is 15.2. The molecule has 0 spiro atoms. The van der Waals surface area contributed by atoms with Crippen molar-refractivity contribution < 1.29 is 23.1 Å². The first-order valence-electron chi connectivity index (χ1n) is 7.03. The van der Waals surface area contributed by atoms with E-state index in [1.807, 2.05) is 11.8 Å². The highest BCUT2D eigenvalue weighted by atomic mass is 19.4. The van der Waals surface area contributed by atoms with Crippen LogP contribution in [0.5, 0.6) is 0 Å². The van der Waals surface area contributed by atoms with E-state index in [0.717, 1.165) is 26.1 Å². The van der Waals surface area contributed by atoms with E-state index in [4.69, 9.17) is 5.11 Å². The number of aliphatic carboxylic acids is 1. The van der Waals surface area contributed by atoms with Gasteiger partial charge in [-0.3, -0.25) is 14.6 Å². The van der Waals surface area contributed by atoms with Crippen LogP contribution in [-0.2, 0) is 4.79 Å². The quantitative estimate of drug-likeness (QED) is 0.816. The fourth-order valence-corrected chi connectivity index (χ4v) is 2.56. The molecule has 0 aromatic carbocycles. The lowest BCUT2D eigenvalue weighted by Gasteiger charge is -2.27. The third kappa shape index (κ3) is 7.09. The Morgan fingerprint density at radius 2 is 1.95 bits per heavy atom. The van der Waals surface area contributed by atoms with Gasteiger partial charge in [0.15, 0.2) is 0 Å². The summed E-state index contributed by atoms with van der Waals surface area (Å²) in [6, 6.07) is 0.113. The summed E-state index contributed by atoms with van der Waals surface area (Å²) >= 11 is 0. The molecule has 1 rings (SSSR count). The summed E-state index contributed by atoms with van der Waals surface area (Å²) in [5.41, 5.74) is 0. The van der Waals surface area contributed by atoms with E-state index in [9.17, 15) is 18.0 Å². The second-order valence-electron chi connectivity index (χ2n) is 5.42. The molecule has 118 valence electrons. The van der Waals surface area contributed by atoms with Crippen LogP contribution in [-0.4, -0.2) is 65.8 Å². The van der Waals surface area contributed by atoms with Crippen molar-refractivity contribution in [3.8, 4) is 0 Å². The lowest BCUT2D eigenvalue weighted by molar-refractivity contribution is -0.138. The Bertz CT molecular complexity index is 310. The summed E-state index contributed by atoms with van der Waals surface area (Å²) < 4.78 is 36.3. The first kappa shape index (κ1) is 17.2. The van der Waals surface area contributed by atoms with E-state index in [1.54, 1.807) is 0 Å². The van der Waals surface area contributed by atoms with Crippen LogP contribution in [0, 0.1) is 0 Å². The Kier molecular flexibility index (Phi) is 6.75. The standard InChI is InChI=1S/C13H23F3N2O2/c1-11(4-2-5-13(14,15)16)18-7-3-6-17(8-9-18)10-12(19)20/h11H,2-10H2,1H3,(H,19,20). The van der Waals surface area contributed by atoms with Crippen molar-refractivity contribution in [2.45, 2.75) is 44.8 Å². The first-order valence-corrected chi connectivity index (χ1v) is 7.03. The van der Waals surface area contributed by atoms with Crippen LogP contribution in [0.1, 0.15) is 32.6 Å². The maximum absolute atomic E-state index is 12.1. The van der Waals surface area contributed by atoms with Gasteiger partial charge < -0.3 is 5.11 Å². The van der Waals surface area contributed by atoms with Gasteiger partial charge in [-0.1, -0.05) is 0 Å². The minimum Gasteiger partial charge on any atom is -0.480 e. The van der Waals surface area contributed by atoms with Gasteiger partial charge in [0, 0.05) is 32.1 Å². The van der Waals surface area contributed by atoms with E-state index < -0.39 is 18.6 Å². The van der Waals surface area contributed by atoms with Crippen LogP contribution in [0.25, 0.3) is 0 Å². The number of alkyl halides is 3. The Balaban J connectivity index is 2.31. The SMILES string of the molecule is CC(CCCC(F)(F)F)N1CCCN(CC(=O)O)CC1. The highest BCUT2D eigenvalue weighted by molar-refractivity contribution is 5.69. The van der Waals surface area contributed by atoms with E-state index >= 15 is 0 Å². The van der Waals surface area contributed by atoms with Gasteiger partial charge in [0.05, 0.1) is 6.54 Å². The lowest BCUT2D eigenvalue weighted by Crippen LogP contribution is -2.38. The smallest absolute Gasteiger partial charge is 0.389 e. The minimum absolute atomic E-state index is 0.0380. The van der Waals surface area contributed by atoms with Gasteiger partial charge in [-0.25, -0.2) is 0 Å². The second kappa shape index (κ2) is 7.83. The molecule has 4 nitrogen and oxygen atoms in total. The fourth-order valence-electron chi connectivity index (χ4n) is 2.56. The number of hydrogen-bond donors (Lipinski definition) is 1. The van der Waals surface area contributed by atoms with E-state index in [-0.39, 0.29) is 19.0 Å². The number of halogens is 3. The summed E-state index contributed by atoms with van der Waals surface area (Å²) in [5, 5.41) is 8.76. The van der Waals surface area contributed by atoms with Gasteiger partial charge in [-0.15, -0.1) is 0 Å². The molecule has 1 N–H and O–H groups in total. The average Bonchev–Trinajstić information content (AvgIpc) is 2.52. The zero-order valence-corrected chi connectivity index (χ0v) is 11.8. The highest BCUT2D eigenvalue weighted by Crippen LogP contribution is 2.23. The summed E-state index contributed by atoms with van der Waals surface area (Å²) in [6.07, 6.45) is -3.26. The van der Waals surface area contributed by atoms with Crippen LogP contribution >= 0.6 is 0 Å². The van der Waals surface area contributed by atoms with E-state index in [1.165, 1.54) is 0 Å². The second-order valence-corrected chi connectivity index (χ2v) is 5.42. The van der Waals surface area contributed by atoms with Crippen LogP contribution in [0.15, 0.2) is 0 Å². The number of carboxylic acid groups (broad SMARTS) is 1. The van der Waals surface area contributed by atoms with Gasteiger partial charge >= 0.3 is 12.1 Å². The highest BCUT2D eigenvalue weighted by Gasteiger charge is 2.27. The molecule has 0 aromatic rings. The molecule has 1 heterocycles. The Morgan fingerprint density at radius 1 is 1.25 bits per heavy atom.